The number of nitrogens with two attached hydrogens (primary N) is 1. The lowest BCUT2D eigenvalue weighted by Gasteiger charge is -2.07. The van der Waals surface area contributed by atoms with E-state index in [1.165, 1.54) is 17.7 Å². The first-order chi connectivity index (χ1) is 14.2. The molecule has 0 fully saturated rings. The number of thiophene rings is 1. The maximum Gasteiger partial charge on any atom is 0.127 e. The fourth-order valence-corrected chi connectivity index (χ4v) is 5.54. The Kier molecular flexibility index (Phi) is 5.84. The molecule has 0 saturated heterocycles. The molecule has 0 amide bonds. The highest BCUT2D eigenvalue weighted by atomic mass is 32.2. The first-order valence-electron chi connectivity index (χ1n) is 8.81. The zero-order valence-electron chi connectivity index (χ0n) is 15.6. The third kappa shape index (κ3) is 4.00. The Hall–Kier alpha value is -2.82. The van der Waals surface area contributed by atoms with E-state index in [1.807, 2.05) is 6.07 Å². The minimum absolute atomic E-state index is 0.477. The maximum atomic E-state index is 12.8. The molecule has 0 saturated carbocycles. The van der Waals surface area contributed by atoms with Gasteiger partial charge in [0, 0.05) is 60.8 Å². The molecule has 0 spiro atoms. The second-order valence-electron chi connectivity index (χ2n) is 6.15. The van der Waals surface area contributed by atoms with Crippen molar-refractivity contribution in [3.63, 3.8) is 0 Å². The van der Waals surface area contributed by atoms with Crippen LogP contribution in [0.2, 0.25) is 0 Å². The van der Waals surface area contributed by atoms with Crippen LogP contribution < -0.4 is 5.73 Å². The normalized spacial score (nSPS) is 12.3. The predicted octanol–water partition coefficient (Wildman–Crippen LogP) is 2.94. The Bertz CT molecular complexity index is 1150. The molecule has 4 aromatic heterocycles. The van der Waals surface area contributed by atoms with Crippen molar-refractivity contribution in [1.82, 2.24) is 24.9 Å². The molecule has 0 aromatic carbocycles. The van der Waals surface area contributed by atoms with E-state index in [4.69, 9.17) is 15.5 Å². The second-order valence-corrected chi connectivity index (χ2v) is 8.92. The molecular weight excluding hydrogens is 408 g/mol. The number of methoxy groups -OCH3 is 1. The van der Waals surface area contributed by atoms with Crippen molar-refractivity contribution in [1.29, 1.82) is 0 Å². The number of fused-ring (bicyclic) bond motifs is 1. The SMILES string of the molecule is COCCCS(=O)c1sc2nc(-c3cncnc3)cc(-c3cnccn3)c2c1N. The van der Waals surface area contributed by atoms with Crippen LogP contribution in [0.1, 0.15) is 6.42 Å². The van der Waals surface area contributed by atoms with E-state index < -0.39 is 10.8 Å². The van der Waals surface area contributed by atoms with Crippen molar-refractivity contribution in [3.8, 4) is 22.5 Å². The third-order valence-electron chi connectivity index (χ3n) is 4.25. The third-order valence-corrected chi connectivity index (χ3v) is 7.24. The average Bonchev–Trinajstić information content (AvgIpc) is 3.11. The lowest BCUT2D eigenvalue weighted by atomic mass is 10.1. The molecule has 2 N–H and O–H groups in total. The summed E-state index contributed by atoms with van der Waals surface area (Å²) in [4.78, 5) is 22.2. The molecule has 4 aromatic rings. The number of rotatable bonds is 7. The lowest BCUT2D eigenvalue weighted by molar-refractivity contribution is 0.200. The fourth-order valence-electron chi connectivity index (χ4n) is 2.92. The summed E-state index contributed by atoms with van der Waals surface area (Å²) in [6.45, 7) is 0.553. The standard InChI is InChI=1S/C19H18N6O2S2/c1-27-5-2-6-29(26)19-17(20)16-13(15-10-21-3-4-24-15)7-14(25-18(16)28-19)12-8-22-11-23-9-12/h3-4,7-11H,2,5-6,20H2,1H3. The molecule has 4 rings (SSSR count). The zero-order valence-corrected chi connectivity index (χ0v) is 17.2. The van der Waals surface area contributed by atoms with E-state index in [1.54, 1.807) is 38.1 Å². The lowest BCUT2D eigenvalue weighted by Crippen LogP contribution is -2.02. The van der Waals surface area contributed by atoms with Crippen molar-refractivity contribution < 1.29 is 8.95 Å². The smallest absolute Gasteiger partial charge is 0.127 e. The van der Waals surface area contributed by atoms with Gasteiger partial charge in [0.25, 0.3) is 0 Å². The molecule has 0 bridgehead atoms. The van der Waals surface area contributed by atoms with Gasteiger partial charge in [-0.05, 0) is 12.5 Å². The van der Waals surface area contributed by atoms with Crippen LogP contribution in [0.5, 0.6) is 0 Å². The van der Waals surface area contributed by atoms with Crippen molar-refractivity contribution in [2.45, 2.75) is 10.6 Å². The number of anilines is 1. The summed E-state index contributed by atoms with van der Waals surface area (Å²) in [5.74, 6) is 0.477. The van der Waals surface area contributed by atoms with Crippen molar-refractivity contribution in [2.75, 3.05) is 25.2 Å². The molecule has 148 valence electrons. The van der Waals surface area contributed by atoms with Crippen molar-refractivity contribution in [2.24, 2.45) is 0 Å². The number of nitrogens with zero attached hydrogens (tertiary/aromatic N) is 5. The van der Waals surface area contributed by atoms with Gasteiger partial charge in [-0.1, -0.05) is 0 Å². The van der Waals surface area contributed by atoms with Crippen LogP contribution in [-0.4, -0.2) is 48.6 Å². The summed E-state index contributed by atoms with van der Waals surface area (Å²) >= 11 is 1.34. The fraction of sp³-hybridized carbons (Fsp3) is 0.211. The first-order valence-corrected chi connectivity index (χ1v) is 10.9. The van der Waals surface area contributed by atoms with Gasteiger partial charge >= 0.3 is 0 Å². The second kappa shape index (κ2) is 8.68. The van der Waals surface area contributed by atoms with Crippen LogP contribution in [0, 0.1) is 0 Å². The molecule has 4 heterocycles. The van der Waals surface area contributed by atoms with Crippen LogP contribution in [-0.2, 0) is 15.5 Å². The zero-order chi connectivity index (χ0) is 20.2. The molecule has 1 atom stereocenters. The van der Waals surface area contributed by atoms with Gasteiger partial charge < -0.3 is 10.5 Å². The molecule has 0 aliphatic rings. The molecule has 29 heavy (non-hydrogen) atoms. The van der Waals surface area contributed by atoms with E-state index in [2.05, 4.69) is 19.9 Å². The van der Waals surface area contributed by atoms with Gasteiger partial charge in [-0.25, -0.2) is 15.0 Å². The van der Waals surface area contributed by atoms with E-state index in [0.717, 1.165) is 16.5 Å². The van der Waals surface area contributed by atoms with Gasteiger partial charge in [-0.3, -0.25) is 14.2 Å². The average molecular weight is 427 g/mol. The van der Waals surface area contributed by atoms with Gasteiger partial charge in [0.15, 0.2) is 0 Å². The molecule has 10 heteroatoms. The molecular formula is C19H18N6O2S2. The Balaban J connectivity index is 1.89. The molecule has 0 aliphatic heterocycles. The molecule has 1 unspecified atom stereocenters. The summed E-state index contributed by atoms with van der Waals surface area (Å²) in [6, 6.07) is 1.89. The van der Waals surface area contributed by atoms with Crippen LogP contribution in [0.4, 0.5) is 5.69 Å². The Morgan fingerprint density at radius 1 is 1.14 bits per heavy atom. The van der Waals surface area contributed by atoms with Gasteiger partial charge in [-0.15, -0.1) is 11.3 Å². The Labute approximate surface area is 173 Å². The first kappa shape index (κ1) is 19.5. The number of pyridine rings is 1. The summed E-state index contributed by atoms with van der Waals surface area (Å²) in [5.41, 5.74) is 9.84. The largest absolute Gasteiger partial charge is 0.396 e. The van der Waals surface area contributed by atoms with E-state index in [-0.39, 0.29) is 0 Å². The minimum Gasteiger partial charge on any atom is -0.396 e. The van der Waals surface area contributed by atoms with Crippen LogP contribution >= 0.6 is 11.3 Å². The highest BCUT2D eigenvalue weighted by molar-refractivity contribution is 7.87. The van der Waals surface area contributed by atoms with Gasteiger partial charge in [0.2, 0.25) is 0 Å². The highest BCUT2D eigenvalue weighted by Gasteiger charge is 2.21. The molecule has 8 nitrogen and oxygen atoms in total. The quantitative estimate of drug-likeness (QED) is 0.448. The Morgan fingerprint density at radius 3 is 2.69 bits per heavy atom. The summed E-state index contributed by atoms with van der Waals surface area (Å²) in [7, 11) is 0.396. The highest BCUT2D eigenvalue weighted by Crippen LogP contribution is 2.42. The van der Waals surface area contributed by atoms with Crippen molar-refractivity contribution in [3.05, 3.63) is 43.4 Å². The molecule has 0 aliphatic carbocycles. The maximum absolute atomic E-state index is 12.8. The number of hydrogen-bond donors (Lipinski definition) is 1. The number of nitrogen functional groups attached to an aromatic ring is 1. The van der Waals surface area contributed by atoms with E-state index in [9.17, 15) is 4.21 Å². The van der Waals surface area contributed by atoms with E-state index >= 15 is 0 Å². The van der Waals surface area contributed by atoms with Crippen molar-refractivity contribution >= 4 is 38.0 Å². The molecule has 0 radical (unpaired) electrons. The summed E-state index contributed by atoms with van der Waals surface area (Å²) in [5, 5.41) is 0.742. The predicted molar refractivity (Wildman–Crippen MR) is 114 cm³/mol. The summed E-state index contributed by atoms with van der Waals surface area (Å²) < 4.78 is 18.5. The number of ether oxygens (including phenoxy) is 1. The van der Waals surface area contributed by atoms with Gasteiger partial charge in [0.05, 0.1) is 34.1 Å². The number of aromatic nitrogens is 5. The monoisotopic (exact) mass is 426 g/mol. The summed E-state index contributed by atoms with van der Waals surface area (Å²) in [6.07, 6.45) is 10.5. The topological polar surface area (TPSA) is 117 Å². The number of hydrogen-bond acceptors (Lipinski definition) is 9. The van der Waals surface area contributed by atoms with Crippen LogP contribution in [0.15, 0.2) is 47.6 Å². The van der Waals surface area contributed by atoms with Gasteiger partial charge in [-0.2, -0.15) is 0 Å². The minimum atomic E-state index is -1.23. The van der Waals surface area contributed by atoms with E-state index in [0.29, 0.717) is 44.9 Å². The van der Waals surface area contributed by atoms with Crippen LogP contribution in [0.3, 0.4) is 0 Å². The van der Waals surface area contributed by atoms with Gasteiger partial charge in [0.1, 0.15) is 15.4 Å². The Morgan fingerprint density at radius 2 is 1.97 bits per heavy atom. The van der Waals surface area contributed by atoms with Crippen LogP contribution in [0.25, 0.3) is 32.7 Å².